The van der Waals surface area contributed by atoms with Crippen LogP contribution in [0.2, 0.25) is 0 Å². The van der Waals surface area contributed by atoms with Crippen LogP contribution in [0.4, 0.5) is 22.0 Å². The molecule has 0 bridgehead atoms. The number of halogens is 5. The third kappa shape index (κ3) is 2.16. The summed E-state index contributed by atoms with van der Waals surface area (Å²) in [7, 11) is 0. The van der Waals surface area contributed by atoms with E-state index in [1.807, 2.05) is 0 Å². The molecule has 1 aromatic carbocycles. The minimum absolute atomic E-state index is 0.135. The summed E-state index contributed by atoms with van der Waals surface area (Å²) in [4.78, 5) is 13.8. The van der Waals surface area contributed by atoms with Crippen LogP contribution < -0.4 is 4.74 Å². The molecule has 19 heavy (non-hydrogen) atoms. The van der Waals surface area contributed by atoms with Crippen LogP contribution in [0.25, 0.3) is 0 Å². The molecule has 0 radical (unpaired) electrons. The van der Waals surface area contributed by atoms with Gasteiger partial charge in [-0.3, -0.25) is 0 Å². The predicted octanol–water partition coefficient (Wildman–Crippen LogP) is 2.93. The smallest absolute Gasteiger partial charge is 0.345 e. The average molecular weight is 277 g/mol. The number of aromatic amines is 1. The van der Waals surface area contributed by atoms with E-state index in [4.69, 9.17) is 0 Å². The Labute approximate surface area is 102 Å². The summed E-state index contributed by atoms with van der Waals surface area (Å²) in [6.45, 7) is 0. The fraction of sp³-hybridized carbons (Fsp3) is 0. The second kappa shape index (κ2) is 4.71. The fourth-order valence-corrected chi connectivity index (χ4v) is 1.28. The average Bonchev–Trinajstić information content (AvgIpc) is 2.93. The zero-order chi connectivity index (χ0) is 14.2. The van der Waals surface area contributed by atoms with Crippen LogP contribution in [0, 0.1) is 29.1 Å². The first-order valence-electron chi connectivity index (χ1n) is 4.80. The lowest BCUT2D eigenvalue weighted by Gasteiger charge is -2.07. The van der Waals surface area contributed by atoms with Gasteiger partial charge in [0.25, 0.3) is 0 Å². The Hall–Kier alpha value is -2.38. The van der Waals surface area contributed by atoms with Gasteiger partial charge in [-0.15, -0.1) is 0 Å². The standard InChI is InChI=1S/C11H4F5NO2/c12-5-6(13)8(15)10(9(16)7(5)14)19-11(18)4-1-2-17-3-4/h1-3,17H. The maximum Gasteiger partial charge on any atom is 0.345 e. The van der Waals surface area contributed by atoms with Gasteiger partial charge in [0.1, 0.15) is 0 Å². The predicted molar refractivity (Wildman–Crippen MR) is 52.0 cm³/mol. The maximum atomic E-state index is 13.2. The molecule has 3 nitrogen and oxygen atoms in total. The van der Waals surface area contributed by atoms with E-state index in [0.29, 0.717) is 0 Å². The Kier molecular flexibility index (Phi) is 3.24. The van der Waals surface area contributed by atoms with E-state index in [9.17, 15) is 26.7 Å². The van der Waals surface area contributed by atoms with Crippen LogP contribution in [0.5, 0.6) is 5.75 Å². The van der Waals surface area contributed by atoms with Crippen molar-refractivity contribution in [1.82, 2.24) is 4.98 Å². The molecule has 0 atom stereocenters. The quantitative estimate of drug-likeness (QED) is 0.301. The van der Waals surface area contributed by atoms with Gasteiger partial charge >= 0.3 is 5.97 Å². The Morgan fingerprint density at radius 2 is 1.47 bits per heavy atom. The van der Waals surface area contributed by atoms with Gasteiger partial charge in [0.2, 0.25) is 34.8 Å². The molecule has 1 aromatic heterocycles. The molecular formula is C11H4F5NO2. The molecule has 0 spiro atoms. The molecule has 2 aromatic rings. The van der Waals surface area contributed by atoms with Crippen molar-refractivity contribution >= 4 is 5.97 Å². The highest BCUT2D eigenvalue weighted by Gasteiger charge is 2.28. The lowest BCUT2D eigenvalue weighted by molar-refractivity contribution is 0.0716. The minimum Gasteiger partial charge on any atom is -0.416 e. The van der Waals surface area contributed by atoms with Crippen LogP contribution in [0.1, 0.15) is 10.4 Å². The molecule has 0 unspecified atom stereocenters. The molecule has 0 amide bonds. The molecule has 0 fully saturated rings. The molecule has 0 aliphatic rings. The number of H-pyrrole nitrogens is 1. The summed E-state index contributed by atoms with van der Waals surface area (Å²) in [6.07, 6.45) is 2.45. The minimum atomic E-state index is -2.32. The van der Waals surface area contributed by atoms with E-state index in [2.05, 4.69) is 9.72 Å². The van der Waals surface area contributed by atoms with Crippen molar-refractivity contribution in [3.63, 3.8) is 0 Å². The van der Waals surface area contributed by atoms with Crippen molar-refractivity contribution in [1.29, 1.82) is 0 Å². The van der Waals surface area contributed by atoms with Gasteiger partial charge in [0.15, 0.2) is 0 Å². The number of aromatic nitrogens is 1. The highest BCUT2D eigenvalue weighted by atomic mass is 19.2. The highest BCUT2D eigenvalue weighted by Crippen LogP contribution is 2.29. The van der Waals surface area contributed by atoms with E-state index in [1.165, 1.54) is 12.3 Å². The van der Waals surface area contributed by atoms with Crippen LogP contribution in [0.3, 0.4) is 0 Å². The Bertz CT molecular complexity index is 610. The number of benzene rings is 1. The molecule has 1 N–H and O–H groups in total. The van der Waals surface area contributed by atoms with Gasteiger partial charge in [-0.05, 0) is 6.07 Å². The molecule has 100 valence electrons. The summed E-state index contributed by atoms with van der Waals surface area (Å²) in [6, 6.07) is 1.20. The molecule has 1 heterocycles. The SMILES string of the molecule is O=C(Oc1c(F)c(F)c(F)c(F)c1F)c1cc[nH]c1. The lowest BCUT2D eigenvalue weighted by Crippen LogP contribution is -2.13. The lowest BCUT2D eigenvalue weighted by atomic mass is 10.2. The van der Waals surface area contributed by atoms with Crippen molar-refractivity contribution in [2.75, 3.05) is 0 Å². The van der Waals surface area contributed by atoms with E-state index in [-0.39, 0.29) is 5.56 Å². The van der Waals surface area contributed by atoms with Gasteiger partial charge < -0.3 is 9.72 Å². The molecule has 0 saturated carbocycles. The largest absolute Gasteiger partial charge is 0.416 e. The summed E-state index contributed by atoms with van der Waals surface area (Å²) in [5, 5.41) is 0. The normalized spacial score (nSPS) is 10.6. The van der Waals surface area contributed by atoms with Crippen LogP contribution in [0.15, 0.2) is 18.5 Å². The first-order chi connectivity index (χ1) is 8.93. The molecular weight excluding hydrogens is 273 g/mol. The Balaban J connectivity index is 2.44. The van der Waals surface area contributed by atoms with Crippen molar-refractivity contribution < 1.29 is 31.5 Å². The number of hydrogen-bond donors (Lipinski definition) is 1. The van der Waals surface area contributed by atoms with Gasteiger partial charge in [-0.1, -0.05) is 0 Å². The van der Waals surface area contributed by atoms with E-state index in [0.717, 1.165) is 6.20 Å². The zero-order valence-electron chi connectivity index (χ0n) is 8.94. The van der Waals surface area contributed by atoms with Crippen LogP contribution >= 0.6 is 0 Å². The summed E-state index contributed by atoms with van der Waals surface area (Å²) >= 11 is 0. The molecule has 2 rings (SSSR count). The second-order valence-electron chi connectivity index (χ2n) is 3.39. The number of hydrogen-bond acceptors (Lipinski definition) is 2. The number of rotatable bonds is 2. The van der Waals surface area contributed by atoms with E-state index < -0.39 is 40.8 Å². The Morgan fingerprint density at radius 1 is 0.947 bits per heavy atom. The monoisotopic (exact) mass is 277 g/mol. The van der Waals surface area contributed by atoms with E-state index >= 15 is 0 Å². The first kappa shape index (κ1) is 13.1. The first-order valence-corrected chi connectivity index (χ1v) is 4.80. The molecule has 8 heteroatoms. The number of nitrogens with one attached hydrogen (secondary N) is 1. The van der Waals surface area contributed by atoms with Gasteiger partial charge in [0, 0.05) is 12.4 Å². The summed E-state index contributed by atoms with van der Waals surface area (Å²) < 4.78 is 69.0. The van der Waals surface area contributed by atoms with Gasteiger partial charge in [-0.25, -0.2) is 18.0 Å². The Morgan fingerprint density at radius 3 is 1.95 bits per heavy atom. The number of esters is 1. The summed E-state index contributed by atoms with van der Waals surface area (Å²) in [5.74, 6) is -14.0. The number of ether oxygens (including phenoxy) is 1. The molecule has 0 aliphatic heterocycles. The van der Waals surface area contributed by atoms with Crippen molar-refractivity contribution in [2.24, 2.45) is 0 Å². The number of carbonyl (C=O) groups is 1. The van der Waals surface area contributed by atoms with E-state index in [1.54, 1.807) is 0 Å². The zero-order valence-corrected chi connectivity index (χ0v) is 8.94. The van der Waals surface area contributed by atoms with Gasteiger partial charge in [0.05, 0.1) is 5.56 Å². The topological polar surface area (TPSA) is 42.1 Å². The third-order valence-corrected chi connectivity index (χ3v) is 2.20. The van der Waals surface area contributed by atoms with Crippen molar-refractivity contribution in [3.05, 3.63) is 53.1 Å². The highest BCUT2D eigenvalue weighted by molar-refractivity contribution is 5.90. The van der Waals surface area contributed by atoms with Gasteiger partial charge in [-0.2, -0.15) is 8.78 Å². The number of carbonyl (C=O) groups excluding carboxylic acids is 1. The second-order valence-corrected chi connectivity index (χ2v) is 3.39. The summed E-state index contributed by atoms with van der Waals surface area (Å²) in [5.41, 5.74) is -0.135. The molecule has 0 saturated heterocycles. The van der Waals surface area contributed by atoms with Crippen molar-refractivity contribution in [3.8, 4) is 5.75 Å². The van der Waals surface area contributed by atoms with Crippen LogP contribution in [-0.2, 0) is 0 Å². The van der Waals surface area contributed by atoms with Crippen LogP contribution in [-0.4, -0.2) is 11.0 Å². The van der Waals surface area contributed by atoms with Crippen molar-refractivity contribution in [2.45, 2.75) is 0 Å². The third-order valence-electron chi connectivity index (χ3n) is 2.20. The molecule has 0 aliphatic carbocycles. The fourth-order valence-electron chi connectivity index (χ4n) is 1.28. The maximum absolute atomic E-state index is 13.2.